The van der Waals surface area contributed by atoms with E-state index in [1.54, 1.807) is 6.92 Å². The third-order valence-electron chi connectivity index (χ3n) is 2.58. The second-order valence-corrected chi connectivity index (χ2v) is 4.11. The minimum absolute atomic E-state index is 0.0659. The molecule has 2 rings (SSSR count). The van der Waals surface area contributed by atoms with Gasteiger partial charge in [-0.2, -0.15) is 5.10 Å². The summed E-state index contributed by atoms with van der Waals surface area (Å²) in [7, 11) is 0. The maximum Gasteiger partial charge on any atom is 0.264 e. The zero-order valence-corrected chi connectivity index (χ0v) is 11.0. The number of nitrogens with one attached hydrogen (secondary N) is 3. The lowest BCUT2D eigenvalue weighted by atomic mass is 10.1. The topological polar surface area (TPSA) is 86.9 Å². The molecule has 2 aromatic rings. The zero-order valence-electron chi connectivity index (χ0n) is 11.0. The third kappa shape index (κ3) is 3.41. The number of benzene rings is 1. The first kappa shape index (κ1) is 14.6. The maximum absolute atomic E-state index is 13.7. The van der Waals surface area contributed by atoms with Crippen LogP contribution < -0.4 is 16.2 Å². The predicted molar refractivity (Wildman–Crippen MR) is 73.3 cm³/mol. The molecule has 21 heavy (non-hydrogen) atoms. The lowest BCUT2D eigenvalue weighted by Gasteiger charge is -2.09. The van der Waals surface area contributed by atoms with E-state index in [9.17, 15) is 18.4 Å². The van der Waals surface area contributed by atoms with Crippen molar-refractivity contribution in [2.75, 3.05) is 17.2 Å². The Balaban J connectivity index is 2.23. The Morgan fingerprint density at radius 2 is 1.95 bits per heavy atom. The monoisotopic (exact) mass is 294 g/mol. The van der Waals surface area contributed by atoms with E-state index < -0.39 is 23.1 Å². The lowest BCUT2D eigenvalue weighted by Crippen LogP contribution is -2.16. The molecule has 0 bridgehead atoms. The van der Waals surface area contributed by atoms with Crippen LogP contribution in [0, 0.1) is 11.6 Å². The maximum atomic E-state index is 13.7. The van der Waals surface area contributed by atoms with Crippen LogP contribution in [0.4, 0.5) is 20.3 Å². The summed E-state index contributed by atoms with van der Waals surface area (Å²) >= 11 is 0. The van der Waals surface area contributed by atoms with Gasteiger partial charge in [-0.25, -0.2) is 13.9 Å². The van der Waals surface area contributed by atoms with Gasteiger partial charge in [0.05, 0.1) is 0 Å². The number of hydrogen-bond acceptors (Lipinski definition) is 4. The smallest absolute Gasteiger partial charge is 0.264 e. The molecule has 0 aliphatic rings. The van der Waals surface area contributed by atoms with E-state index in [1.165, 1.54) is 6.07 Å². The number of carbonyl (C=O) groups is 1. The Morgan fingerprint density at radius 1 is 1.29 bits per heavy atom. The molecule has 1 aromatic heterocycles. The molecule has 1 aromatic carbocycles. The van der Waals surface area contributed by atoms with Crippen LogP contribution in [0.2, 0.25) is 0 Å². The van der Waals surface area contributed by atoms with Crippen LogP contribution >= 0.6 is 0 Å². The number of carbonyl (C=O) groups excluding carboxylic acids is 1. The average molecular weight is 294 g/mol. The second-order valence-electron chi connectivity index (χ2n) is 4.11. The molecule has 110 valence electrons. The van der Waals surface area contributed by atoms with Gasteiger partial charge >= 0.3 is 0 Å². The molecule has 1 heterocycles. The molecule has 0 atom stereocenters. The summed E-state index contributed by atoms with van der Waals surface area (Å²) in [5.74, 6) is -2.40. The van der Waals surface area contributed by atoms with E-state index in [0.717, 1.165) is 18.2 Å². The molecule has 1 amide bonds. The molecule has 0 saturated carbocycles. The number of rotatable bonds is 4. The minimum Gasteiger partial charge on any atom is -0.381 e. The van der Waals surface area contributed by atoms with E-state index in [1.807, 2.05) is 0 Å². The first-order chi connectivity index (χ1) is 10.0. The van der Waals surface area contributed by atoms with Gasteiger partial charge in [-0.05, 0) is 25.1 Å². The number of aromatic amines is 1. The van der Waals surface area contributed by atoms with Crippen LogP contribution in [-0.2, 0) is 0 Å². The lowest BCUT2D eigenvalue weighted by molar-refractivity contribution is 0.102. The number of amides is 1. The van der Waals surface area contributed by atoms with Crippen molar-refractivity contribution in [2.24, 2.45) is 0 Å². The standard InChI is InChI=1S/C13H12F2N4O2/c1-2-16-12-8(14)5-7(6-9(12)15)13(21)17-10-3-4-11(20)19-18-10/h3-6,16H,2H2,1H3,(H,19,20)(H,17,18,21). The molecule has 0 unspecified atom stereocenters. The normalized spacial score (nSPS) is 10.2. The van der Waals surface area contributed by atoms with Crippen molar-refractivity contribution in [3.05, 3.63) is 51.8 Å². The summed E-state index contributed by atoms with van der Waals surface area (Å²) < 4.78 is 27.4. The summed E-state index contributed by atoms with van der Waals surface area (Å²) in [5.41, 5.74) is -0.907. The summed E-state index contributed by atoms with van der Waals surface area (Å²) in [6.45, 7) is 2.04. The number of aromatic nitrogens is 2. The highest BCUT2D eigenvalue weighted by atomic mass is 19.1. The van der Waals surface area contributed by atoms with Crippen molar-refractivity contribution in [1.29, 1.82) is 0 Å². The Hall–Kier alpha value is -2.77. The fourth-order valence-corrected chi connectivity index (χ4v) is 1.65. The number of hydrogen-bond donors (Lipinski definition) is 3. The quantitative estimate of drug-likeness (QED) is 0.801. The number of H-pyrrole nitrogens is 1. The first-order valence-electron chi connectivity index (χ1n) is 6.11. The van der Waals surface area contributed by atoms with Crippen molar-refractivity contribution >= 4 is 17.4 Å². The van der Waals surface area contributed by atoms with Crippen LogP contribution in [-0.4, -0.2) is 22.6 Å². The Labute approximate surface area is 118 Å². The van der Waals surface area contributed by atoms with Gasteiger partial charge in [0.1, 0.15) is 17.3 Å². The van der Waals surface area contributed by atoms with Gasteiger partial charge in [-0.1, -0.05) is 0 Å². The molecule has 0 radical (unpaired) electrons. The van der Waals surface area contributed by atoms with Crippen LogP contribution in [0.1, 0.15) is 17.3 Å². The average Bonchev–Trinajstić information content (AvgIpc) is 2.45. The largest absolute Gasteiger partial charge is 0.381 e. The van der Waals surface area contributed by atoms with E-state index in [-0.39, 0.29) is 17.1 Å². The third-order valence-corrected chi connectivity index (χ3v) is 2.58. The van der Waals surface area contributed by atoms with Gasteiger partial charge in [0.2, 0.25) is 0 Å². The molecule has 3 N–H and O–H groups in total. The fraction of sp³-hybridized carbons (Fsp3) is 0.154. The van der Waals surface area contributed by atoms with Gasteiger partial charge in [0.25, 0.3) is 11.5 Å². The van der Waals surface area contributed by atoms with Crippen molar-refractivity contribution in [3.63, 3.8) is 0 Å². The molecule has 8 heteroatoms. The number of halogens is 2. The van der Waals surface area contributed by atoms with Crippen LogP contribution in [0.15, 0.2) is 29.1 Å². The van der Waals surface area contributed by atoms with Crippen molar-refractivity contribution in [3.8, 4) is 0 Å². The zero-order chi connectivity index (χ0) is 15.4. The Kier molecular flexibility index (Phi) is 4.27. The Morgan fingerprint density at radius 3 is 2.48 bits per heavy atom. The van der Waals surface area contributed by atoms with Crippen LogP contribution in [0.3, 0.4) is 0 Å². The molecule has 6 nitrogen and oxygen atoms in total. The molecule has 0 saturated heterocycles. The van der Waals surface area contributed by atoms with Gasteiger partial charge in [0, 0.05) is 18.2 Å². The molecule has 0 aliphatic heterocycles. The minimum atomic E-state index is -0.864. The van der Waals surface area contributed by atoms with E-state index in [2.05, 4.69) is 20.8 Å². The van der Waals surface area contributed by atoms with Crippen molar-refractivity contribution < 1.29 is 13.6 Å². The summed E-state index contributed by atoms with van der Waals surface area (Å²) in [6.07, 6.45) is 0. The van der Waals surface area contributed by atoms with Crippen LogP contribution in [0.25, 0.3) is 0 Å². The Bertz CT molecular complexity index is 687. The highest BCUT2D eigenvalue weighted by Crippen LogP contribution is 2.21. The van der Waals surface area contributed by atoms with Crippen molar-refractivity contribution in [1.82, 2.24) is 10.2 Å². The molecule has 0 fully saturated rings. The van der Waals surface area contributed by atoms with Gasteiger partial charge in [-0.3, -0.25) is 9.59 Å². The SMILES string of the molecule is CCNc1c(F)cc(C(=O)Nc2ccc(=O)[nH]n2)cc1F. The summed E-state index contributed by atoms with van der Waals surface area (Å²) in [5, 5.41) is 10.5. The van der Waals surface area contributed by atoms with Gasteiger partial charge in [0.15, 0.2) is 5.82 Å². The highest BCUT2D eigenvalue weighted by Gasteiger charge is 2.15. The summed E-state index contributed by atoms with van der Waals surface area (Å²) in [4.78, 5) is 22.7. The van der Waals surface area contributed by atoms with Crippen LogP contribution in [0.5, 0.6) is 0 Å². The second kappa shape index (κ2) is 6.12. The molecule has 0 spiro atoms. The van der Waals surface area contributed by atoms with E-state index in [0.29, 0.717) is 6.54 Å². The molecular weight excluding hydrogens is 282 g/mol. The number of anilines is 2. The van der Waals surface area contributed by atoms with E-state index >= 15 is 0 Å². The molecule has 0 aliphatic carbocycles. The fourth-order valence-electron chi connectivity index (χ4n) is 1.65. The predicted octanol–water partition coefficient (Wildman–Crippen LogP) is 1.73. The van der Waals surface area contributed by atoms with Gasteiger partial charge in [-0.15, -0.1) is 0 Å². The summed E-state index contributed by atoms with van der Waals surface area (Å²) in [6, 6.07) is 4.28. The first-order valence-corrected chi connectivity index (χ1v) is 6.11. The van der Waals surface area contributed by atoms with Gasteiger partial charge < -0.3 is 10.6 Å². The number of nitrogens with zero attached hydrogens (tertiary/aromatic N) is 1. The van der Waals surface area contributed by atoms with Crippen molar-refractivity contribution in [2.45, 2.75) is 6.92 Å². The highest BCUT2D eigenvalue weighted by molar-refractivity contribution is 6.03. The molecular formula is C13H12F2N4O2. The van der Waals surface area contributed by atoms with E-state index in [4.69, 9.17) is 0 Å².